The molecule has 0 bridgehead atoms. The van der Waals surface area contributed by atoms with Crippen LogP contribution in [0.5, 0.6) is 0 Å². The maximum absolute atomic E-state index is 8.83. The van der Waals surface area contributed by atoms with E-state index in [1.54, 1.807) is 0 Å². The van der Waals surface area contributed by atoms with E-state index in [-0.39, 0.29) is 12.0 Å². The number of piperazine rings is 1. The summed E-state index contributed by atoms with van der Waals surface area (Å²) in [5.74, 6) is 0.728. The van der Waals surface area contributed by atoms with Crippen molar-refractivity contribution in [3.05, 3.63) is 0 Å². The van der Waals surface area contributed by atoms with Gasteiger partial charge in [0, 0.05) is 38.1 Å². The van der Waals surface area contributed by atoms with Gasteiger partial charge < -0.3 is 10.0 Å². The standard InChI is InChI=1S/C11H23N3O/c1-11(2,3)10(12)14-6-4-13(5-7-14)8-9-15/h12,15H,4-9H2,1-3H3. The molecule has 2 N–H and O–H groups in total. The molecule has 0 saturated carbocycles. The number of hydrogen-bond donors (Lipinski definition) is 2. The first kappa shape index (κ1) is 12.5. The van der Waals surface area contributed by atoms with Gasteiger partial charge in [-0.2, -0.15) is 0 Å². The summed E-state index contributed by atoms with van der Waals surface area (Å²) >= 11 is 0. The molecule has 15 heavy (non-hydrogen) atoms. The highest BCUT2D eigenvalue weighted by molar-refractivity contribution is 5.84. The van der Waals surface area contributed by atoms with E-state index >= 15 is 0 Å². The Balaban J connectivity index is 2.41. The van der Waals surface area contributed by atoms with Gasteiger partial charge in [-0.3, -0.25) is 10.3 Å². The van der Waals surface area contributed by atoms with Crippen LogP contribution >= 0.6 is 0 Å². The first-order valence-corrected chi connectivity index (χ1v) is 5.62. The number of aliphatic hydroxyl groups excluding tert-OH is 1. The Morgan fingerprint density at radius 2 is 1.73 bits per heavy atom. The Bertz CT molecular complexity index is 214. The van der Waals surface area contributed by atoms with Crippen LogP contribution in [0, 0.1) is 10.8 Å². The minimum Gasteiger partial charge on any atom is -0.395 e. The fraction of sp³-hybridized carbons (Fsp3) is 0.909. The number of amidine groups is 1. The number of nitrogens with zero attached hydrogens (tertiary/aromatic N) is 2. The molecule has 1 heterocycles. The molecule has 4 heteroatoms. The molecule has 0 amide bonds. The summed E-state index contributed by atoms with van der Waals surface area (Å²) in [6.07, 6.45) is 0. The summed E-state index contributed by atoms with van der Waals surface area (Å²) in [6, 6.07) is 0. The highest BCUT2D eigenvalue weighted by Crippen LogP contribution is 2.18. The molecule has 0 aromatic heterocycles. The largest absolute Gasteiger partial charge is 0.395 e. The van der Waals surface area contributed by atoms with E-state index in [1.807, 2.05) is 0 Å². The van der Waals surface area contributed by atoms with Crippen molar-refractivity contribution in [2.24, 2.45) is 5.41 Å². The molecule has 1 fully saturated rings. The minimum atomic E-state index is -0.0564. The lowest BCUT2D eigenvalue weighted by Crippen LogP contribution is -2.51. The maximum atomic E-state index is 8.83. The van der Waals surface area contributed by atoms with E-state index in [0.717, 1.165) is 38.6 Å². The predicted molar refractivity (Wildman–Crippen MR) is 62.3 cm³/mol. The van der Waals surface area contributed by atoms with E-state index in [1.165, 1.54) is 0 Å². The SMILES string of the molecule is CC(C)(C)C(=N)N1CCN(CCO)CC1. The van der Waals surface area contributed by atoms with E-state index in [4.69, 9.17) is 10.5 Å². The topological polar surface area (TPSA) is 50.6 Å². The molecule has 1 aliphatic heterocycles. The predicted octanol–water partition coefficient (Wildman–Crippen LogP) is 0.620. The quantitative estimate of drug-likeness (QED) is 0.522. The van der Waals surface area contributed by atoms with Gasteiger partial charge in [-0.15, -0.1) is 0 Å². The average Bonchev–Trinajstić information content (AvgIpc) is 2.17. The fourth-order valence-electron chi connectivity index (χ4n) is 1.81. The van der Waals surface area contributed by atoms with Crippen LogP contribution in [-0.2, 0) is 0 Å². The zero-order chi connectivity index (χ0) is 11.5. The Morgan fingerprint density at radius 1 is 1.20 bits per heavy atom. The Labute approximate surface area is 92.4 Å². The maximum Gasteiger partial charge on any atom is 0.101 e. The molecule has 0 radical (unpaired) electrons. The van der Waals surface area contributed by atoms with Gasteiger partial charge in [-0.05, 0) is 0 Å². The van der Waals surface area contributed by atoms with Crippen molar-refractivity contribution in [2.45, 2.75) is 20.8 Å². The van der Waals surface area contributed by atoms with Crippen molar-refractivity contribution in [1.82, 2.24) is 9.80 Å². The third kappa shape index (κ3) is 3.47. The number of β-amino-alcohol motifs (C(OH)–C–C–N with tert-alkyl or cyclic N) is 1. The molecule has 1 aliphatic rings. The Hall–Kier alpha value is -0.610. The second-order valence-corrected chi connectivity index (χ2v) is 5.15. The number of aliphatic hydroxyl groups is 1. The van der Waals surface area contributed by atoms with Crippen molar-refractivity contribution < 1.29 is 5.11 Å². The van der Waals surface area contributed by atoms with Gasteiger partial charge in [-0.25, -0.2) is 0 Å². The summed E-state index contributed by atoms with van der Waals surface area (Å²) in [7, 11) is 0. The molecule has 0 aliphatic carbocycles. The van der Waals surface area contributed by atoms with Gasteiger partial charge >= 0.3 is 0 Å². The zero-order valence-corrected chi connectivity index (χ0v) is 10.1. The molecule has 1 saturated heterocycles. The van der Waals surface area contributed by atoms with E-state index in [0.29, 0.717) is 0 Å². The summed E-state index contributed by atoms with van der Waals surface area (Å²) in [4.78, 5) is 4.39. The van der Waals surface area contributed by atoms with Crippen LogP contribution in [0.2, 0.25) is 0 Å². The van der Waals surface area contributed by atoms with E-state index in [2.05, 4.69) is 30.6 Å². The van der Waals surface area contributed by atoms with Crippen LogP contribution in [0.1, 0.15) is 20.8 Å². The highest BCUT2D eigenvalue weighted by atomic mass is 16.3. The van der Waals surface area contributed by atoms with Crippen LogP contribution < -0.4 is 0 Å². The summed E-state index contributed by atoms with van der Waals surface area (Å²) in [6.45, 7) is 11.0. The van der Waals surface area contributed by atoms with Gasteiger partial charge in [0.1, 0.15) is 5.84 Å². The van der Waals surface area contributed by atoms with Gasteiger partial charge in [0.2, 0.25) is 0 Å². The Morgan fingerprint density at radius 3 is 2.13 bits per heavy atom. The smallest absolute Gasteiger partial charge is 0.101 e. The molecule has 0 spiro atoms. The molecule has 4 nitrogen and oxygen atoms in total. The van der Waals surface area contributed by atoms with Gasteiger partial charge in [0.05, 0.1) is 6.61 Å². The highest BCUT2D eigenvalue weighted by Gasteiger charge is 2.25. The van der Waals surface area contributed by atoms with Crippen molar-refractivity contribution in [3.63, 3.8) is 0 Å². The third-order valence-corrected chi connectivity index (χ3v) is 2.82. The second-order valence-electron chi connectivity index (χ2n) is 5.15. The zero-order valence-electron chi connectivity index (χ0n) is 10.1. The number of nitrogens with one attached hydrogen (secondary N) is 1. The molecular weight excluding hydrogens is 190 g/mol. The first-order valence-electron chi connectivity index (χ1n) is 5.62. The Kier molecular flexibility index (Phi) is 4.11. The van der Waals surface area contributed by atoms with Crippen molar-refractivity contribution in [1.29, 1.82) is 5.41 Å². The third-order valence-electron chi connectivity index (χ3n) is 2.82. The lowest BCUT2D eigenvalue weighted by Gasteiger charge is -2.39. The molecule has 88 valence electrons. The molecule has 0 aromatic rings. The van der Waals surface area contributed by atoms with Crippen molar-refractivity contribution in [3.8, 4) is 0 Å². The van der Waals surface area contributed by atoms with Crippen LogP contribution in [0.15, 0.2) is 0 Å². The molecule has 0 aromatic carbocycles. The van der Waals surface area contributed by atoms with E-state index < -0.39 is 0 Å². The van der Waals surface area contributed by atoms with Crippen LogP contribution in [0.3, 0.4) is 0 Å². The molecule has 0 atom stereocenters. The van der Waals surface area contributed by atoms with Crippen LogP contribution in [-0.4, -0.2) is 60.1 Å². The second kappa shape index (κ2) is 4.94. The summed E-state index contributed by atoms with van der Waals surface area (Å²) < 4.78 is 0. The average molecular weight is 213 g/mol. The van der Waals surface area contributed by atoms with Gasteiger partial charge in [0.15, 0.2) is 0 Å². The van der Waals surface area contributed by atoms with Crippen LogP contribution in [0.4, 0.5) is 0 Å². The van der Waals surface area contributed by atoms with Crippen molar-refractivity contribution in [2.75, 3.05) is 39.3 Å². The van der Waals surface area contributed by atoms with E-state index in [9.17, 15) is 0 Å². The summed E-state index contributed by atoms with van der Waals surface area (Å²) in [5, 5.41) is 16.9. The fourth-order valence-corrected chi connectivity index (χ4v) is 1.81. The number of rotatable bonds is 2. The summed E-state index contributed by atoms with van der Waals surface area (Å²) in [5.41, 5.74) is -0.0564. The minimum absolute atomic E-state index is 0.0564. The number of hydrogen-bond acceptors (Lipinski definition) is 3. The molecule has 1 rings (SSSR count). The van der Waals surface area contributed by atoms with Gasteiger partial charge in [-0.1, -0.05) is 20.8 Å². The molecular formula is C11H23N3O. The van der Waals surface area contributed by atoms with Crippen LogP contribution in [0.25, 0.3) is 0 Å². The normalized spacial score (nSPS) is 19.3. The van der Waals surface area contributed by atoms with Gasteiger partial charge in [0.25, 0.3) is 0 Å². The van der Waals surface area contributed by atoms with Crippen molar-refractivity contribution >= 4 is 5.84 Å². The monoisotopic (exact) mass is 213 g/mol. The lowest BCUT2D eigenvalue weighted by molar-refractivity contribution is 0.142. The molecule has 0 unspecified atom stereocenters. The first-order chi connectivity index (χ1) is 6.95. The lowest BCUT2D eigenvalue weighted by atomic mass is 9.93.